The number of aromatic nitrogens is 2. The lowest BCUT2D eigenvalue weighted by atomic mass is 9.90. The van der Waals surface area contributed by atoms with Crippen LogP contribution in [0, 0.1) is 5.92 Å². The highest BCUT2D eigenvalue weighted by Crippen LogP contribution is 2.38. The zero-order chi connectivity index (χ0) is 23.6. The number of nitrogens with zero attached hydrogens (tertiary/aromatic N) is 3. The smallest absolute Gasteiger partial charge is 0.281 e. The fraction of sp³-hybridized carbons (Fsp3) is 0.292. The van der Waals surface area contributed by atoms with Gasteiger partial charge in [0.15, 0.2) is 5.03 Å². The molecule has 1 aliphatic heterocycles. The SMILES string of the molecule is CC1CCN(c2ncccc2C(=O)NS(=O)(=O)c2cccc(Oc3ccccc3)n2)C1(C)C. The molecule has 1 unspecified atom stereocenters. The summed E-state index contributed by atoms with van der Waals surface area (Å²) in [4.78, 5) is 23.6. The topological polar surface area (TPSA) is 101 Å². The minimum atomic E-state index is -4.24. The van der Waals surface area contributed by atoms with E-state index in [-0.39, 0.29) is 22.0 Å². The fourth-order valence-corrected chi connectivity index (χ4v) is 4.77. The molecule has 0 aliphatic carbocycles. The molecule has 1 aliphatic rings. The highest BCUT2D eigenvalue weighted by atomic mass is 32.2. The summed E-state index contributed by atoms with van der Waals surface area (Å²) in [6, 6.07) is 16.4. The first-order valence-electron chi connectivity index (χ1n) is 10.7. The van der Waals surface area contributed by atoms with E-state index in [1.54, 1.807) is 48.7 Å². The van der Waals surface area contributed by atoms with E-state index < -0.39 is 15.9 Å². The average Bonchev–Trinajstić information content (AvgIpc) is 3.06. The Labute approximate surface area is 193 Å². The van der Waals surface area contributed by atoms with Gasteiger partial charge in [0, 0.05) is 24.3 Å². The van der Waals surface area contributed by atoms with Crippen LogP contribution in [0.1, 0.15) is 37.6 Å². The first kappa shape index (κ1) is 22.7. The van der Waals surface area contributed by atoms with Crippen LogP contribution in [0.25, 0.3) is 0 Å². The molecular formula is C24H26N4O4S. The van der Waals surface area contributed by atoms with Gasteiger partial charge in [-0.15, -0.1) is 0 Å². The van der Waals surface area contributed by atoms with E-state index in [0.717, 1.165) is 13.0 Å². The molecule has 0 bridgehead atoms. The maximum absolute atomic E-state index is 13.1. The van der Waals surface area contributed by atoms with E-state index in [1.165, 1.54) is 12.1 Å². The minimum absolute atomic E-state index is 0.103. The Balaban J connectivity index is 1.58. The van der Waals surface area contributed by atoms with Crippen molar-refractivity contribution >= 4 is 21.7 Å². The van der Waals surface area contributed by atoms with Crippen LogP contribution in [0.2, 0.25) is 0 Å². The number of rotatable bonds is 6. The number of pyridine rings is 2. The quantitative estimate of drug-likeness (QED) is 0.586. The number of nitrogens with one attached hydrogen (secondary N) is 1. The maximum atomic E-state index is 13.1. The molecule has 1 amide bonds. The van der Waals surface area contributed by atoms with Crippen molar-refractivity contribution < 1.29 is 17.9 Å². The van der Waals surface area contributed by atoms with Crippen LogP contribution in [-0.2, 0) is 10.0 Å². The van der Waals surface area contributed by atoms with Crippen molar-refractivity contribution in [2.24, 2.45) is 5.92 Å². The van der Waals surface area contributed by atoms with E-state index in [1.807, 2.05) is 6.07 Å². The summed E-state index contributed by atoms with van der Waals surface area (Å²) >= 11 is 0. The van der Waals surface area contributed by atoms with Gasteiger partial charge in [-0.1, -0.05) is 31.2 Å². The number of hydrogen-bond donors (Lipinski definition) is 1. The molecule has 1 saturated heterocycles. The third-order valence-electron chi connectivity index (χ3n) is 6.14. The number of para-hydroxylation sites is 1. The Hall–Kier alpha value is -3.46. The molecule has 9 heteroatoms. The van der Waals surface area contributed by atoms with E-state index >= 15 is 0 Å². The van der Waals surface area contributed by atoms with Crippen LogP contribution < -0.4 is 14.4 Å². The first-order valence-corrected chi connectivity index (χ1v) is 12.2. The van der Waals surface area contributed by atoms with E-state index in [9.17, 15) is 13.2 Å². The largest absolute Gasteiger partial charge is 0.439 e. The number of carbonyl (C=O) groups excluding carboxylic acids is 1. The van der Waals surface area contributed by atoms with Gasteiger partial charge in [-0.3, -0.25) is 4.79 Å². The van der Waals surface area contributed by atoms with E-state index in [0.29, 0.717) is 17.5 Å². The summed E-state index contributed by atoms with van der Waals surface area (Å²) in [5.74, 6) is 0.728. The lowest BCUT2D eigenvalue weighted by molar-refractivity contribution is 0.0981. The number of sulfonamides is 1. The summed E-state index contributed by atoms with van der Waals surface area (Å²) in [5, 5.41) is -0.315. The van der Waals surface area contributed by atoms with Crippen molar-refractivity contribution in [3.63, 3.8) is 0 Å². The molecule has 8 nitrogen and oxygen atoms in total. The van der Waals surface area contributed by atoms with Crippen LogP contribution in [-0.4, -0.2) is 36.4 Å². The zero-order valence-corrected chi connectivity index (χ0v) is 19.5. The number of amides is 1. The predicted molar refractivity (Wildman–Crippen MR) is 125 cm³/mol. The molecule has 172 valence electrons. The van der Waals surface area contributed by atoms with Gasteiger partial charge in [0.25, 0.3) is 15.9 Å². The number of hydrogen-bond acceptors (Lipinski definition) is 7. The van der Waals surface area contributed by atoms with Gasteiger partial charge in [-0.2, -0.15) is 13.4 Å². The van der Waals surface area contributed by atoms with Gasteiger partial charge in [-0.05, 0) is 56.5 Å². The Morgan fingerprint density at radius 3 is 2.55 bits per heavy atom. The van der Waals surface area contributed by atoms with Gasteiger partial charge >= 0.3 is 0 Å². The zero-order valence-electron chi connectivity index (χ0n) is 18.7. The lowest BCUT2D eigenvalue weighted by Crippen LogP contribution is -2.43. The predicted octanol–water partition coefficient (Wildman–Crippen LogP) is 4.01. The van der Waals surface area contributed by atoms with E-state index in [2.05, 4.69) is 40.4 Å². The molecule has 2 aromatic heterocycles. The van der Waals surface area contributed by atoms with Gasteiger partial charge in [-0.25, -0.2) is 9.71 Å². The normalized spacial score (nSPS) is 17.5. The number of benzene rings is 1. The highest BCUT2D eigenvalue weighted by Gasteiger charge is 2.40. The Kier molecular flexibility index (Phi) is 6.07. The van der Waals surface area contributed by atoms with Crippen LogP contribution in [0.3, 0.4) is 0 Å². The third-order valence-corrected chi connectivity index (χ3v) is 7.37. The van der Waals surface area contributed by atoms with Crippen LogP contribution in [0.15, 0.2) is 71.9 Å². The number of ether oxygens (including phenoxy) is 1. The van der Waals surface area contributed by atoms with Crippen molar-refractivity contribution in [2.45, 2.75) is 37.8 Å². The van der Waals surface area contributed by atoms with Crippen LogP contribution >= 0.6 is 0 Å². The first-order chi connectivity index (χ1) is 15.7. The van der Waals surface area contributed by atoms with Crippen molar-refractivity contribution in [1.82, 2.24) is 14.7 Å². The van der Waals surface area contributed by atoms with Crippen molar-refractivity contribution in [3.05, 3.63) is 72.4 Å². The molecular weight excluding hydrogens is 440 g/mol. The molecule has 33 heavy (non-hydrogen) atoms. The molecule has 1 fully saturated rings. The molecule has 0 spiro atoms. The maximum Gasteiger partial charge on any atom is 0.281 e. The summed E-state index contributed by atoms with van der Waals surface area (Å²) < 4.78 is 33.6. The highest BCUT2D eigenvalue weighted by molar-refractivity contribution is 7.90. The molecule has 4 rings (SSSR count). The van der Waals surface area contributed by atoms with Crippen molar-refractivity contribution in [2.75, 3.05) is 11.4 Å². The lowest BCUT2D eigenvalue weighted by Gasteiger charge is -2.36. The minimum Gasteiger partial charge on any atom is -0.439 e. The van der Waals surface area contributed by atoms with Gasteiger partial charge in [0.2, 0.25) is 5.88 Å². The second-order valence-corrected chi connectivity index (χ2v) is 10.2. The average molecular weight is 467 g/mol. The summed E-state index contributed by atoms with van der Waals surface area (Å²) in [7, 11) is -4.24. The molecule has 0 saturated carbocycles. The van der Waals surface area contributed by atoms with Crippen LogP contribution in [0.5, 0.6) is 11.6 Å². The Bertz CT molecular complexity index is 1260. The van der Waals surface area contributed by atoms with Gasteiger partial charge in [0.05, 0.1) is 5.56 Å². The van der Waals surface area contributed by atoms with Gasteiger partial charge in [0.1, 0.15) is 11.6 Å². The fourth-order valence-electron chi connectivity index (χ4n) is 3.84. The van der Waals surface area contributed by atoms with Crippen molar-refractivity contribution in [1.29, 1.82) is 0 Å². The molecule has 1 atom stereocenters. The van der Waals surface area contributed by atoms with Crippen LogP contribution in [0.4, 0.5) is 5.82 Å². The Morgan fingerprint density at radius 2 is 1.85 bits per heavy atom. The molecule has 1 aromatic carbocycles. The Morgan fingerprint density at radius 1 is 1.09 bits per heavy atom. The van der Waals surface area contributed by atoms with Crippen molar-refractivity contribution in [3.8, 4) is 11.6 Å². The second-order valence-electron chi connectivity index (χ2n) is 8.53. The van der Waals surface area contributed by atoms with Gasteiger partial charge < -0.3 is 9.64 Å². The summed E-state index contributed by atoms with van der Waals surface area (Å²) in [5.41, 5.74) is -0.0210. The summed E-state index contributed by atoms with van der Waals surface area (Å²) in [6.45, 7) is 7.09. The number of anilines is 1. The van der Waals surface area contributed by atoms with E-state index in [4.69, 9.17) is 4.74 Å². The second kappa shape index (κ2) is 8.82. The third kappa shape index (κ3) is 4.68. The molecule has 1 N–H and O–H groups in total. The summed E-state index contributed by atoms with van der Waals surface area (Å²) in [6.07, 6.45) is 2.56. The molecule has 3 heterocycles. The standard InChI is InChI=1S/C24H26N4O4S/c1-17-14-16-28(24(17,2)3)22-19(11-8-15-25-22)23(29)27-33(30,31)21-13-7-12-20(26-21)32-18-9-5-4-6-10-18/h4-13,15,17H,14,16H2,1-3H3,(H,27,29). The molecule has 3 aromatic rings. The molecule has 0 radical (unpaired) electrons. The number of carbonyl (C=O) groups is 1. The monoisotopic (exact) mass is 466 g/mol.